The number of aliphatic hydroxyl groups is 1. The zero-order valence-corrected chi connectivity index (χ0v) is 11.1. The van der Waals surface area contributed by atoms with Gasteiger partial charge in [0, 0.05) is 12.8 Å². The van der Waals surface area contributed by atoms with Crippen molar-refractivity contribution < 1.29 is 9.90 Å². The number of carbonyl (C=O) groups is 1. The molecule has 1 aliphatic carbocycles. The third-order valence-electron chi connectivity index (χ3n) is 3.74. The van der Waals surface area contributed by atoms with E-state index in [1.54, 1.807) is 0 Å². The molecule has 0 amide bonds. The topological polar surface area (TPSA) is 37.3 Å². The van der Waals surface area contributed by atoms with Crippen LogP contribution in [0.2, 0.25) is 0 Å². The summed E-state index contributed by atoms with van der Waals surface area (Å²) in [5, 5.41) is 9.75. The lowest BCUT2D eigenvalue weighted by Crippen LogP contribution is -2.07. The quantitative estimate of drug-likeness (QED) is 0.695. The standard InChI is InChI=1S/C15H28O2/c16-14-10-7-5-3-1-2-4-6-8-11-15(17)13-9-12-14/h14,16H,1-13H2. The van der Waals surface area contributed by atoms with Crippen molar-refractivity contribution >= 4 is 5.78 Å². The third-order valence-corrected chi connectivity index (χ3v) is 3.74. The Balaban J connectivity index is 2.22. The summed E-state index contributed by atoms with van der Waals surface area (Å²) in [4.78, 5) is 11.5. The molecule has 1 rings (SSSR count). The van der Waals surface area contributed by atoms with Crippen LogP contribution < -0.4 is 0 Å². The van der Waals surface area contributed by atoms with Crippen molar-refractivity contribution in [3.05, 3.63) is 0 Å². The first-order chi connectivity index (χ1) is 8.29. The van der Waals surface area contributed by atoms with Crippen LogP contribution in [0.25, 0.3) is 0 Å². The number of carbonyl (C=O) groups excluding carboxylic acids is 1. The minimum absolute atomic E-state index is 0.173. The number of aliphatic hydroxyl groups excluding tert-OH is 1. The summed E-state index contributed by atoms with van der Waals surface area (Å²) in [7, 11) is 0. The van der Waals surface area contributed by atoms with Crippen LogP contribution in [-0.2, 0) is 4.79 Å². The van der Waals surface area contributed by atoms with E-state index in [0.29, 0.717) is 12.2 Å². The van der Waals surface area contributed by atoms with E-state index in [0.717, 1.165) is 38.5 Å². The van der Waals surface area contributed by atoms with Crippen molar-refractivity contribution in [3.63, 3.8) is 0 Å². The highest BCUT2D eigenvalue weighted by Crippen LogP contribution is 2.15. The Kier molecular flexibility index (Phi) is 8.33. The SMILES string of the molecule is O=C1CCCCCCCCCCC(O)CCC1. The summed E-state index contributed by atoms with van der Waals surface area (Å²) in [6.45, 7) is 0. The van der Waals surface area contributed by atoms with Gasteiger partial charge >= 0.3 is 0 Å². The number of hydrogen-bond donors (Lipinski definition) is 1. The van der Waals surface area contributed by atoms with Crippen LogP contribution >= 0.6 is 0 Å². The highest BCUT2D eigenvalue weighted by atomic mass is 16.3. The highest BCUT2D eigenvalue weighted by molar-refractivity contribution is 5.78. The summed E-state index contributed by atoms with van der Waals surface area (Å²) >= 11 is 0. The van der Waals surface area contributed by atoms with Crippen molar-refractivity contribution in [2.75, 3.05) is 0 Å². The van der Waals surface area contributed by atoms with Crippen molar-refractivity contribution in [1.29, 1.82) is 0 Å². The van der Waals surface area contributed by atoms with Gasteiger partial charge in [-0.3, -0.25) is 4.79 Å². The van der Waals surface area contributed by atoms with Crippen LogP contribution in [0.15, 0.2) is 0 Å². The summed E-state index contributed by atoms with van der Waals surface area (Å²) in [6.07, 6.45) is 13.8. The van der Waals surface area contributed by atoms with Crippen LogP contribution in [0, 0.1) is 0 Å². The molecule has 0 aromatic carbocycles. The summed E-state index contributed by atoms with van der Waals surface area (Å²) < 4.78 is 0. The number of ketones is 1. The lowest BCUT2D eigenvalue weighted by molar-refractivity contribution is -0.119. The van der Waals surface area contributed by atoms with E-state index in [9.17, 15) is 9.90 Å². The molecule has 1 unspecified atom stereocenters. The molecule has 1 aliphatic rings. The van der Waals surface area contributed by atoms with Crippen molar-refractivity contribution in [2.24, 2.45) is 0 Å². The van der Waals surface area contributed by atoms with E-state index in [1.165, 1.54) is 38.5 Å². The van der Waals surface area contributed by atoms with Crippen LogP contribution in [0.3, 0.4) is 0 Å². The molecular weight excluding hydrogens is 212 g/mol. The average Bonchev–Trinajstić information content (AvgIpc) is 2.31. The Morgan fingerprint density at radius 2 is 1.18 bits per heavy atom. The van der Waals surface area contributed by atoms with Gasteiger partial charge in [-0.2, -0.15) is 0 Å². The molecule has 0 spiro atoms. The molecule has 0 aromatic rings. The molecule has 100 valence electrons. The maximum atomic E-state index is 11.5. The Labute approximate surface area is 106 Å². The van der Waals surface area contributed by atoms with E-state index in [4.69, 9.17) is 0 Å². The summed E-state index contributed by atoms with van der Waals surface area (Å²) in [6, 6.07) is 0. The second-order valence-electron chi connectivity index (χ2n) is 5.45. The van der Waals surface area contributed by atoms with Gasteiger partial charge in [0.1, 0.15) is 5.78 Å². The Bertz CT molecular complexity index is 201. The first kappa shape index (κ1) is 14.7. The van der Waals surface area contributed by atoms with Gasteiger partial charge in [-0.1, -0.05) is 44.9 Å². The second kappa shape index (κ2) is 9.64. The normalized spacial score (nSPS) is 27.1. The predicted molar refractivity (Wildman–Crippen MR) is 71.0 cm³/mol. The minimum atomic E-state index is -0.173. The van der Waals surface area contributed by atoms with Crippen molar-refractivity contribution in [2.45, 2.75) is 89.6 Å². The highest BCUT2D eigenvalue weighted by Gasteiger charge is 2.07. The maximum absolute atomic E-state index is 11.5. The van der Waals surface area contributed by atoms with E-state index >= 15 is 0 Å². The van der Waals surface area contributed by atoms with Gasteiger partial charge < -0.3 is 5.11 Å². The molecule has 1 fully saturated rings. The minimum Gasteiger partial charge on any atom is -0.393 e. The van der Waals surface area contributed by atoms with Crippen LogP contribution in [0.4, 0.5) is 0 Å². The zero-order valence-electron chi connectivity index (χ0n) is 11.1. The van der Waals surface area contributed by atoms with Gasteiger partial charge in [0.15, 0.2) is 0 Å². The molecule has 0 bridgehead atoms. The van der Waals surface area contributed by atoms with E-state index in [1.807, 2.05) is 0 Å². The molecule has 0 radical (unpaired) electrons. The second-order valence-corrected chi connectivity index (χ2v) is 5.45. The smallest absolute Gasteiger partial charge is 0.132 e. The fourth-order valence-electron chi connectivity index (χ4n) is 2.57. The van der Waals surface area contributed by atoms with Crippen LogP contribution in [0.1, 0.15) is 83.5 Å². The van der Waals surface area contributed by atoms with E-state index < -0.39 is 0 Å². The number of rotatable bonds is 0. The van der Waals surface area contributed by atoms with E-state index in [2.05, 4.69) is 0 Å². The molecule has 0 aromatic heterocycles. The Morgan fingerprint density at radius 1 is 0.706 bits per heavy atom. The summed E-state index contributed by atoms with van der Waals surface area (Å²) in [5.41, 5.74) is 0. The van der Waals surface area contributed by atoms with Crippen LogP contribution in [0.5, 0.6) is 0 Å². The fraction of sp³-hybridized carbons (Fsp3) is 0.933. The van der Waals surface area contributed by atoms with Gasteiger partial charge in [-0.05, 0) is 25.7 Å². The van der Waals surface area contributed by atoms with E-state index in [-0.39, 0.29) is 6.10 Å². The molecule has 0 saturated heterocycles. The first-order valence-corrected chi connectivity index (χ1v) is 7.49. The lowest BCUT2D eigenvalue weighted by atomic mass is 10.0. The molecule has 0 aliphatic heterocycles. The van der Waals surface area contributed by atoms with Gasteiger partial charge in [-0.25, -0.2) is 0 Å². The van der Waals surface area contributed by atoms with Crippen molar-refractivity contribution in [3.8, 4) is 0 Å². The molecule has 1 N–H and O–H groups in total. The van der Waals surface area contributed by atoms with Gasteiger partial charge in [-0.15, -0.1) is 0 Å². The summed E-state index contributed by atoms with van der Waals surface area (Å²) in [5.74, 6) is 0.395. The molecular formula is C15H28O2. The Hall–Kier alpha value is -0.370. The van der Waals surface area contributed by atoms with Crippen molar-refractivity contribution in [1.82, 2.24) is 0 Å². The fourth-order valence-corrected chi connectivity index (χ4v) is 2.57. The van der Waals surface area contributed by atoms with Gasteiger partial charge in [0.2, 0.25) is 0 Å². The molecule has 17 heavy (non-hydrogen) atoms. The zero-order chi connectivity index (χ0) is 12.3. The molecule has 0 heterocycles. The first-order valence-electron chi connectivity index (χ1n) is 7.49. The molecule has 2 nitrogen and oxygen atoms in total. The Morgan fingerprint density at radius 3 is 1.88 bits per heavy atom. The molecule has 1 saturated carbocycles. The number of hydrogen-bond acceptors (Lipinski definition) is 2. The van der Waals surface area contributed by atoms with Gasteiger partial charge in [0.25, 0.3) is 0 Å². The average molecular weight is 240 g/mol. The molecule has 1 atom stereocenters. The number of Topliss-reactive ketones (excluding diaryl/α,β-unsaturated/α-hetero) is 1. The largest absolute Gasteiger partial charge is 0.393 e. The van der Waals surface area contributed by atoms with Gasteiger partial charge in [0.05, 0.1) is 6.10 Å². The monoisotopic (exact) mass is 240 g/mol. The molecule has 2 heteroatoms. The predicted octanol–water partition coefficient (Wildman–Crippen LogP) is 4.00. The maximum Gasteiger partial charge on any atom is 0.132 e. The van der Waals surface area contributed by atoms with Crippen LogP contribution in [-0.4, -0.2) is 17.0 Å². The lowest BCUT2D eigenvalue weighted by Gasteiger charge is -2.09. The third kappa shape index (κ3) is 8.37.